The maximum absolute atomic E-state index is 10.9. The van der Waals surface area contributed by atoms with Gasteiger partial charge in [-0.25, -0.2) is 0 Å². The third-order valence-corrected chi connectivity index (χ3v) is 7.07. The van der Waals surface area contributed by atoms with Crippen LogP contribution in [0.1, 0.15) is 25.8 Å². The monoisotopic (exact) mass is 516 g/mol. The van der Waals surface area contributed by atoms with Gasteiger partial charge in [-0.2, -0.15) is 0 Å². The summed E-state index contributed by atoms with van der Waals surface area (Å²) < 4.78 is 34.8. The van der Waals surface area contributed by atoms with Crippen molar-refractivity contribution < 1.29 is 43.7 Å². The van der Waals surface area contributed by atoms with Gasteiger partial charge in [-0.05, 0) is 37.0 Å². The molecule has 202 valence electrons. The molecule has 0 aliphatic carbocycles. The molecule has 9 nitrogen and oxygen atoms in total. The molecule has 0 unspecified atom stereocenters. The molecule has 3 fully saturated rings. The molecule has 0 amide bonds. The van der Waals surface area contributed by atoms with Gasteiger partial charge in [0.15, 0.2) is 12.1 Å². The number of aliphatic hydroxyl groups excluding tert-OH is 3. The van der Waals surface area contributed by atoms with Gasteiger partial charge >= 0.3 is 0 Å². The fourth-order valence-electron chi connectivity index (χ4n) is 4.97. The van der Waals surface area contributed by atoms with Crippen molar-refractivity contribution in [3.63, 3.8) is 0 Å². The predicted octanol–water partition coefficient (Wildman–Crippen LogP) is 2.00. The van der Waals surface area contributed by atoms with Crippen molar-refractivity contribution in [2.24, 2.45) is 0 Å². The van der Waals surface area contributed by atoms with Gasteiger partial charge in [0.2, 0.25) is 0 Å². The van der Waals surface area contributed by atoms with E-state index in [4.69, 9.17) is 28.4 Å². The Hall–Kier alpha value is -1.92. The first kappa shape index (κ1) is 26.7. The second-order valence-electron chi connectivity index (χ2n) is 10.3. The molecule has 0 spiro atoms. The smallest absolute Gasteiger partial charge is 0.187 e. The number of hydrogen-bond acceptors (Lipinski definition) is 9. The Morgan fingerprint density at radius 2 is 1.65 bits per heavy atom. The zero-order chi connectivity index (χ0) is 26.0. The number of rotatable bonds is 7. The Bertz CT molecular complexity index is 996. The van der Waals surface area contributed by atoms with Gasteiger partial charge in [0.1, 0.15) is 36.6 Å². The molecule has 0 aromatic heterocycles. The lowest BCUT2D eigenvalue weighted by Crippen LogP contribution is -2.65. The van der Waals surface area contributed by atoms with Crippen LogP contribution < -0.4 is 0 Å². The minimum absolute atomic E-state index is 0.180. The van der Waals surface area contributed by atoms with E-state index in [0.717, 1.165) is 16.7 Å². The summed E-state index contributed by atoms with van der Waals surface area (Å²) in [5.74, 6) is -0.882. The molecule has 3 aliphatic rings. The lowest BCUT2D eigenvalue weighted by atomic mass is 9.97. The molecule has 0 saturated carbocycles. The first-order chi connectivity index (χ1) is 17.8. The average Bonchev–Trinajstić information content (AvgIpc) is 2.90. The molecule has 2 aromatic rings. The zero-order valence-electron chi connectivity index (χ0n) is 21.1. The van der Waals surface area contributed by atoms with Gasteiger partial charge in [0.05, 0.1) is 25.9 Å². The lowest BCUT2D eigenvalue weighted by molar-refractivity contribution is -0.390. The van der Waals surface area contributed by atoms with E-state index in [-0.39, 0.29) is 13.2 Å². The molecule has 2 aromatic carbocycles. The third-order valence-electron chi connectivity index (χ3n) is 7.07. The molecular weight excluding hydrogens is 480 g/mol. The summed E-state index contributed by atoms with van der Waals surface area (Å²) in [4.78, 5) is 0. The summed E-state index contributed by atoms with van der Waals surface area (Å²) in [7, 11) is 0. The number of fused-ring (bicyclic) bond motifs is 1. The Morgan fingerprint density at radius 3 is 2.41 bits per heavy atom. The summed E-state index contributed by atoms with van der Waals surface area (Å²) in [5, 5.41) is 32.2. The van der Waals surface area contributed by atoms with Crippen LogP contribution in [0, 0.1) is 0 Å². The minimum Gasteiger partial charge on any atom is -0.388 e. The standard InChI is InChI=1S/C28H36O9/c1-28(2)34-16-22-26(37-28)24(30)25(31)27(36-22)35-20-12-13-33-21(23(20)29)15-32-14-17-8-10-19(11-9-17)18-6-4-3-5-7-18/h3-11,20-27,29-31H,12-16H2,1-2H3/t20-,21-,22-,23-,24-,25-,26+,27-/m1/s1. The first-order valence-electron chi connectivity index (χ1n) is 12.8. The first-order valence-corrected chi connectivity index (χ1v) is 12.8. The number of benzene rings is 2. The van der Waals surface area contributed by atoms with Crippen molar-refractivity contribution in [1.82, 2.24) is 0 Å². The molecule has 3 aliphatic heterocycles. The minimum atomic E-state index is -1.33. The quantitative estimate of drug-likeness (QED) is 0.508. The number of ether oxygens (including phenoxy) is 6. The highest BCUT2D eigenvalue weighted by molar-refractivity contribution is 5.63. The van der Waals surface area contributed by atoms with Crippen LogP contribution in [0.4, 0.5) is 0 Å². The van der Waals surface area contributed by atoms with Crippen molar-refractivity contribution in [2.45, 2.75) is 81.7 Å². The van der Waals surface area contributed by atoms with E-state index in [1.165, 1.54) is 0 Å². The third kappa shape index (κ3) is 6.22. The Balaban J connectivity index is 1.12. The molecule has 3 N–H and O–H groups in total. The van der Waals surface area contributed by atoms with Crippen LogP contribution >= 0.6 is 0 Å². The van der Waals surface area contributed by atoms with Gasteiger partial charge in [0.25, 0.3) is 0 Å². The second kappa shape index (κ2) is 11.4. The van der Waals surface area contributed by atoms with E-state index >= 15 is 0 Å². The van der Waals surface area contributed by atoms with Crippen LogP contribution in [0.25, 0.3) is 11.1 Å². The van der Waals surface area contributed by atoms with Crippen LogP contribution in [0.5, 0.6) is 0 Å². The molecule has 37 heavy (non-hydrogen) atoms. The summed E-state index contributed by atoms with van der Waals surface area (Å²) in [6, 6.07) is 18.3. The molecule has 0 radical (unpaired) electrons. The molecule has 9 heteroatoms. The van der Waals surface area contributed by atoms with Gasteiger partial charge in [-0.1, -0.05) is 54.6 Å². The molecule has 8 atom stereocenters. The van der Waals surface area contributed by atoms with Crippen molar-refractivity contribution in [3.8, 4) is 11.1 Å². The molecular formula is C28H36O9. The van der Waals surface area contributed by atoms with E-state index in [2.05, 4.69) is 24.3 Å². The van der Waals surface area contributed by atoms with Gasteiger partial charge in [-0.15, -0.1) is 0 Å². The Labute approximate surface area is 216 Å². The number of hydrogen-bond donors (Lipinski definition) is 3. The van der Waals surface area contributed by atoms with E-state index in [0.29, 0.717) is 19.6 Å². The van der Waals surface area contributed by atoms with E-state index < -0.39 is 54.8 Å². The lowest BCUT2D eigenvalue weighted by Gasteiger charge is -2.49. The van der Waals surface area contributed by atoms with Crippen LogP contribution in [-0.4, -0.2) is 89.9 Å². The predicted molar refractivity (Wildman–Crippen MR) is 132 cm³/mol. The SMILES string of the molecule is CC1(C)OC[C@H]2O[C@@H](O[C@@H]3CCO[C@H](COCc4ccc(-c5ccccc5)cc4)[C@@H]3O)[C@H](O)[C@@H](O)[C@H]2O1. The van der Waals surface area contributed by atoms with E-state index in [9.17, 15) is 15.3 Å². The van der Waals surface area contributed by atoms with Crippen LogP contribution in [-0.2, 0) is 35.0 Å². The van der Waals surface area contributed by atoms with Gasteiger partial charge in [-0.3, -0.25) is 0 Å². The topological polar surface area (TPSA) is 116 Å². The fourth-order valence-corrected chi connectivity index (χ4v) is 4.97. The second-order valence-corrected chi connectivity index (χ2v) is 10.3. The van der Waals surface area contributed by atoms with Crippen molar-refractivity contribution in [1.29, 1.82) is 0 Å². The van der Waals surface area contributed by atoms with Crippen molar-refractivity contribution in [3.05, 3.63) is 60.2 Å². The van der Waals surface area contributed by atoms with E-state index in [1.54, 1.807) is 13.8 Å². The Kier molecular flexibility index (Phi) is 8.25. The maximum Gasteiger partial charge on any atom is 0.187 e. The van der Waals surface area contributed by atoms with Crippen LogP contribution in [0.2, 0.25) is 0 Å². The largest absolute Gasteiger partial charge is 0.388 e. The average molecular weight is 517 g/mol. The molecule has 0 bridgehead atoms. The van der Waals surface area contributed by atoms with Crippen LogP contribution in [0.3, 0.4) is 0 Å². The highest BCUT2D eigenvalue weighted by atomic mass is 16.8. The summed E-state index contributed by atoms with van der Waals surface area (Å²) in [6.07, 6.45) is -6.84. The van der Waals surface area contributed by atoms with E-state index in [1.807, 2.05) is 30.3 Å². The summed E-state index contributed by atoms with van der Waals surface area (Å²) >= 11 is 0. The zero-order valence-corrected chi connectivity index (χ0v) is 21.1. The highest BCUT2D eigenvalue weighted by Crippen LogP contribution is 2.34. The van der Waals surface area contributed by atoms with Crippen molar-refractivity contribution >= 4 is 0 Å². The fraction of sp³-hybridized carbons (Fsp3) is 0.571. The van der Waals surface area contributed by atoms with Gasteiger partial charge < -0.3 is 43.7 Å². The molecule has 3 saturated heterocycles. The number of aliphatic hydroxyl groups is 3. The maximum atomic E-state index is 10.9. The molecule has 5 rings (SSSR count). The van der Waals surface area contributed by atoms with Crippen LogP contribution in [0.15, 0.2) is 54.6 Å². The highest BCUT2D eigenvalue weighted by Gasteiger charge is 2.51. The molecule has 3 heterocycles. The van der Waals surface area contributed by atoms with Crippen molar-refractivity contribution in [2.75, 3.05) is 19.8 Å². The van der Waals surface area contributed by atoms with Gasteiger partial charge in [0, 0.05) is 6.61 Å². The summed E-state index contributed by atoms with van der Waals surface area (Å²) in [5.41, 5.74) is 3.30. The normalized spacial score (nSPS) is 35.6. The summed E-state index contributed by atoms with van der Waals surface area (Å²) in [6.45, 7) is 4.60. The Morgan fingerprint density at radius 1 is 0.919 bits per heavy atom.